The fourth-order valence-corrected chi connectivity index (χ4v) is 1.23. The number of carbonyl (C=O) groups excluding carboxylic acids is 1. The number of urea groups is 1. The van der Waals surface area contributed by atoms with Crippen LogP contribution >= 0.6 is 0 Å². The van der Waals surface area contributed by atoms with Crippen molar-refractivity contribution in [3.63, 3.8) is 0 Å². The van der Waals surface area contributed by atoms with Gasteiger partial charge in [-0.3, -0.25) is 4.79 Å². The third-order valence-corrected chi connectivity index (χ3v) is 2.48. The summed E-state index contributed by atoms with van der Waals surface area (Å²) >= 11 is 0. The largest absolute Gasteiger partial charge is 0.480 e. The molecule has 0 saturated carbocycles. The standard InChI is InChI=1S/C6H13N3O3.C5H10N4O2/c7-4(5(10)11)2-1-3-9-6(8)12;1-3(2)4(5(10)11)7-9-8-6/h4H,1-3,7H2,(H,10,11)(H3,8,9,12);3-4,7H,1-2H3,(H,10,11). The minimum Gasteiger partial charge on any atom is -0.480 e. The molecule has 0 aliphatic rings. The Balaban J connectivity index is 0. The first-order valence-corrected chi connectivity index (χ1v) is 6.67. The normalized spacial score (nSPS) is 12.0. The number of carboxylic acids is 2. The first kappa shape index (κ1) is 22.6. The van der Waals surface area contributed by atoms with Crippen molar-refractivity contribution >= 4 is 18.0 Å². The number of primary amides is 1. The molecule has 0 fully saturated rings. The zero-order valence-electron chi connectivity index (χ0n) is 13.0. The number of azide groups is 1. The number of carboxylic acid groups (broad SMARTS) is 2. The Morgan fingerprint density at radius 1 is 1.26 bits per heavy atom. The summed E-state index contributed by atoms with van der Waals surface area (Å²) in [6, 6.07) is -2.29. The molecule has 132 valence electrons. The molecule has 0 aliphatic heterocycles. The molecule has 8 N–H and O–H groups in total. The third kappa shape index (κ3) is 14.0. The van der Waals surface area contributed by atoms with Gasteiger partial charge < -0.3 is 27.0 Å². The van der Waals surface area contributed by atoms with E-state index < -0.39 is 30.1 Å². The molecule has 0 saturated heterocycles. The van der Waals surface area contributed by atoms with Gasteiger partial charge in [0.05, 0.1) is 0 Å². The summed E-state index contributed by atoms with van der Waals surface area (Å²) in [5.74, 6) is -2.17. The lowest BCUT2D eigenvalue weighted by atomic mass is 10.1. The summed E-state index contributed by atoms with van der Waals surface area (Å²) in [6.45, 7) is 3.80. The highest BCUT2D eigenvalue weighted by atomic mass is 16.4. The highest BCUT2D eigenvalue weighted by Crippen LogP contribution is 2.00. The summed E-state index contributed by atoms with van der Waals surface area (Å²) in [7, 11) is 0. The molecular formula is C11H23N7O5. The van der Waals surface area contributed by atoms with Crippen LogP contribution in [0.25, 0.3) is 10.4 Å². The Morgan fingerprint density at radius 2 is 1.83 bits per heavy atom. The number of nitrogens with zero attached hydrogens (tertiary/aromatic N) is 3. The van der Waals surface area contributed by atoms with E-state index in [1.165, 1.54) is 0 Å². The molecule has 2 amide bonds. The van der Waals surface area contributed by atoms with Gasteiger partial charge in [0.15, 0.2) is 6.04 Å². The molecule has 0 spiro atoms. The number of amides is 2. The number of nitrogens with one attached hydrogen (secondary N) is 2. The predicted octanol–water partition coefficient (Wildman–Crippen LogP) is -0.243. The molecule has 0 heterocycles. The second-order valence-electron chi connectivity index (χ2n) is 4.76. The van der Waals surface area contributed by atoms with Crippen LogP contribution < -0.4 is 22.2 Å². The summed E-state index contributed by atoms with van der Waals surface area (Å²) in [4.78, 5) is 33.1. The van der Waals surface area contributed by atoms with Gasteiger partial charge in [-0.05, 0) is 18.1 Å². The predicted molar refractivity (Wildman–Crippen MR) is 81.0 cm³/mol. The van der Waals surface area contributed by atoms with Crippen molar-refractivity contribution in [2.45, 2.75) is 38.8 Å². The van der Waals surface area contributed by atoms with E-state index in [4.69, 9.17) is 27.2 Å². The van der Waals surface area contributed by atoms with E-state index in [1.54, 1.807) is 13.8 Å². The molecule has 0 radical (unpaired) electrons. The average molecular weight is 333 g/mol. The summed E-state index contributed by atoms with van der Waals surface area (Å²) in [5.41, 5.74) is 20.0. The highest BCUT2D eigenvalue weighted by Gasteiger charge is 2.23. The van der Waals surface area contributed by atoms with Gasteiger partial charge in [-0.25, -0.2) is 15.0 Å². The minimum absolute atomic E-state index is 0.113. The molecule has 12 heteroatoms. The molecule has 23 heavy (non-hydrogen) atoms. The number of rotatable bonds is 9. The zero-order valence-corrected chi connectivity index (χ0v) is 13.0. The first-order chi connectivity index (χ1) is 10.6. The van der Waals surface area contributed by atoms with Crippen LogP contribution in [-0.4, -0.2) is 46.8 Å². The molecule has 0 aromatic rings. The summed E-state index contributed by atoms with van der Waals surface area (Å²) in [6.07, 6.45) is 0.839. The maximum Gasteiger partial charge on any atom is 0.349 e. The SMILES string of the molecule is CC(C)C(NN=[N+]=[N-])C(=O)O.NC(=O)NCCCC(N)C(=O)O. The fraction of sp³-hybridized carbons (Fsp3) is 0.727. The highest BCUT2D eigenvalue weighted by molar-refractivity contribution is 5.73. The van der Waals surface area contributed by atoms with Crippen LogP contribution in [0.5, 0.6) is 0 Å². The van der Waals surface area contributed by atoms with Gasteiger partial charge in [-0.1, -0.05) is 13.8 Å². The Kier molecular flexibility index (Phi) is 12.7. The van der Waals surface area contributed by atoms with E-state index in [0.29, 0.717) is 19.4 Å². The Hall–Kier alpha value is -2.72. The molecular weight excluding hydrogens is 310 g/mol. The summed E-state index contributed by atoms with van der Waals surface area (Å²) < 4.78 is 0. The number of carbonyl (C=O) groups is 3. The maximum absolute atomic E-state index is 10.4. The van der Waals surface area contributed by atoms with Crippen LogP contribution in [0.15, 0.2) is 5.22 Å². The van der Waals surface area contributed by atoms with Crippen LogP contribution in [0, 0.1) is 5.92 Å². The quantitative estimate of drug-likeness (QED) is 0.109. The van der Waals surface area contributed by atoms with Gasteiger partial charge >= 0.3 is 18.0 Å². The molecule has 0 aromatic heterocycles. The molecule has 2 unspecified atom stereocenters. The van der Waals surface area contributed by atoms with Crippen LogP contribution in [0.2, 0.25) is 0 Å². The second kappa shape index (κ2) is 13.0. The zero-order chi connectivity index (χ0) is 18.4. The molecule has 0 rings (SSSR count). The van der Waals surface area contributed by atoms with Crippen molar-refractivity contribution in [3.05, 3.63) is 10.4 Å². The van der Waals surface area contributed by atoms with E-state index >= 15 is 0 Å². The van der Waals surface area contributed by atoms with Crippen molar-refractivity contribution in [2.24, 2.45) is 22.6 Å². The van der Waals surface area contributed by atoms with Gasteiger partial charge in [-0.2, -0.15) is 4.91 Å². The van der Waals surface area contributed by atoms with E-state index in [-0.39, 0.29) is 5.92 Å². The van der Waals surface area contributed by atoms with Gasteiger partial charge in [0, 0.05) is 12.5 Å². The molecule has 0 aliphatic carbocycles. The maximum atomic E-state index is 10.4. The molecule has 12 nitrogen and oxygen atoms in total. The van der Waals surface area contributed by atoms with Crippen molar-refractivity contribution in [1.82, 2.24) is 10.7 Å². The lowest BCUT2D eigenvalue weighted by Gasteiger charge is -2.10. The molecule has 0 bridgehead atoms. The van der Waals surface area contributed by atoms with Crippen LogP contribution in [0.4, 0.5) is 4.79 Å². The first-order valence-electron chi connectivity index (χ1n) is 6.67. The van der Waals surface area contributed by atoms with E-state index in [9.17, 15) is 14.4 Å². The smallest absolute Gasteiger partial charge is 0.349 e. The lowest BCUT2D eigenvalue weighted by Crippen LogP contribution is -2.37. The van der Waals surface area contributed by atoms with Crippen LogP contribution in [0.1, 0.15) is 26.7 Å². The summed E-state index contributed by atoms with van der Waals surface area (Å²) in [5, 5.41) is 22.2. The van der Waals surface area contributed by atoms with Crippen molar-refractivity contribution in [1.29, 1.82) is 0 Å². The van der Waals surface area contributed by atoms with Gasteiger partial charge in [0.25, 0.3) is 0 Å². The van der Waals surface area contributed by atoms with E-state index in [1.807, 2.05) is 0 Å². The molecule has 0 aromatic carbocycles. The van der Waals surface area contributed by atoms with Crippen LogP contribution in [-0.2, 0) is 9.59 Å². The van der Waals surface area contributed by atoms with Crippen molar-refractivity contribution in [3.8, 4) is 0 Å². The van der Waals surface area contributed by atoms with Crippen molar-refractivity contribution in [2.75, 3.05) is 6.54 Å². The second-order valence-corrected chi connectivity index (χ2v) is 4.76. The van der Waals surface area contributed by atoms with Crippen LogP contribution in [0.3, 0.4) is 0 Å². The fourth-order valence-electron chi connectivity index (χ4n) is 1.23. The van der Waals surface area contributed by atoms with E-state index in [2.05, 4.69) is 20.9 Å². The van der Waals surface area contributed by atoms with Gasteiger partial charge in [0.1, 0.15) is 6.04 Å². The number of hydrogen-bond acceptors (Lipinski definition) is 5. The monoisotopic (exact) mass is 333 g/mol. The van der Waals surface area contributed by atoms with Crippen molar-refractivity contribution < 1.29 is 24.6 Å². The Morgan fingerprint density at radius 3 is 2.17 bits per heavy atom. The van der Waals surface area contributed by atoms with Gasteiger partial charge in [-0.15, -0.1) is 5.53 Å². The van der Waals surface area contributed by atoms with E-state index in [0.717, 1.165) is 0 Å². The third-order valence-electron chi connectivity index (χ3n) is 2.48. The topological polar surface area (TPSA) is 217 Å². The number of hydrogen-bond donors (Lipinski definition) is 6. The Bertz CT molecular complexity index is 436. The molecule has 2 atom stereocenters. The number of aliphatic carboxylic acids is 2. The minimum atomic E-state index is -1.03. The number of nitrogens with two attached hydrogens (primary N) is 2. The average Bonchev–Trinajstić information content (AvgIpc) is 2.43. The lowest BCUT2D eigenvalue weighted by molar-refractivity contribution is -0.141. The van der Waals surface area contributed by atoms with Gasteiger partial charge in [0.2, 0.25) is 0 Å². The Labute approximate surface area is 132 Å².